The van der Waals surface area contributed by atoms with Crippen LogP contribution in [-0.2, 0) is 11.3 Å². The minimum Gasteiger partial charge on any atom is -0.496 e. The smallest absolute Gasteiger partial charge is 0.123 e. The number of benzene rings is 1. The minimum absolute atomic E-state index is 0.300. The monoisotopic (exact) mass is 243 g/mol. The van der Waals surface area contributed by atoms with Crippen LogP contribution in [0, 0.1) is 0 Å². The lowest BCUT2D eigenvalue weighted by Crippen LogP contribution is -2.29. The molecule has 0 aromatic heterocycles. The number of hydrogen-bond donors (Lipinski definition) is 1. The number of hydrogen-bond acceptors (Lipinski definition) is 3. The lowest BCUT2D eigenvalue weighted by atomic mass is 10.2. The molecule has 0 radical (unpaired) electrons. The highest BCUT2D eigenvalue weighted by atomic mass is 35.5. The van der Waals surface area contributed by atoms with Crippen LogP contribution in [0.1, 0.15) is 12.5 Å². The minimum atomic E-state index is 0.300. The number of methoxy groups -OCH3 is 2. The summed E-state index contributed by atoms with van der Waals surface area (Å²) in [4.78, 5) is 0. The highest BCUT2D eigenvalue weighted by Gasteiger charge is 2.06. The number of halogens is 1. The first-order valence-electron chi connectivity index (χ1n) is 5.22. The van der Waals surface area contributed by atoms with E-state index < -0.39 is 0 Å². The molecule has 0 aliphatic rings. The molecule has 1 N–H and O–H groups in total. The van der Waals surface area contributed by atoms with Gasteiger partial charge in [-0.1, -0.05) is 11.6 Å². The third-order valence-corrected chi connectivity index (χ3v) is 2.54. The van der Waals surface area contributed by atoms with Gasteiger partial charge in [-0.2, -0.15) is 0 Å². The molecule has 1 atom stereocenters. The highest BCUT2D eigenvalue weighted by Crippen LogP contribution is 2.22. The second-order valence-corrected chi connectivity index (χ2v) is 4.13. The van der Waals surface area contributed by atoms with Crippen molar-refractivity contribution in [2.24, 2.45) is 0 Å². The standard InChI is InChI=1S/C12H18ClNO2/c1-9(8-15-2)14-7-10-6-11(13)4-5-12(10)16-3/h4-6,9,14H,7-8H2,1-3H3. The van der Waals surface area contributed by atoms with Gasteiger partial charge in [0.2, 0.25) is 0 Å². The highest BCUT2D eigenvalue weighted by molar-refractivity contribution is 6.30. The predicted octanol–water partition coefficient (Wildman–Crippen LogP) is 2.47. The molecule has 0 amide bonds. The Balaban J connectivity index is 2.61. The van der Waals surface area contributed by atoms with Crippen molar-refractivity contribution < 1.29 is 9.47 Å². The second kappa shape index (κ2) is 6.74. The summed E-state index contributed by atoms with van der Waals surface area (Å²) >= 11 is 5.94. The molecule has 3 nitrogen and oxygen atoms in total. The average molecular weight is 244 g/mol. The lowest BCUT2D eigenvalue weighted by Gasteiger charge is -2.14. The van der Waals surface area contributed by atoms with Crippen LogP contribution in [0.5, 0.6) is 5.75 Å². The van der Waals surface area contributed by atoms with E-state index in [1.165, 1.54) is 0 Å². The van der Waals surface area contributed by atoms with Crippen molar-refractivity contribution >= 4 is 11.6 Å². The van der Waals surface area contributed by atoms with Crippen LogP contribution in [-0.4, -0.2) is 26.9 Å². The van der Waals surface area contributed by atoms with Crippen LogP contribution in [0.3, 0.4) is 0 Å². The van der Waals surface area contributed by atoms with Gasteiger partial charge in [0.1, 0.15) is 5.75 Å². The van der Waals surface area contributed by atoms with Gasteiger partial charge in [0.05, 0.1) is 13.7 Å². The number of ether oxygens (including phenoxy) is 2. The Bertz CT molecular complexity index is 331. The third-order valence-electron chi connectivity index (χ3n) is 2.30. The van der Waals surface area contributed by atoms with Crippen LogP contribution in [0.25, 0.3) is 0 Å². The Morgan fingerprint density at radius 1 is 1.38 bits per heavy atom. The Kier molecular flexibility index (Phi) is 5.60. The maximum absolute atomic E-state index is 5.94. The largest absolute Gasteiger partial charge is 0.496 e. The molecule has 1 aromatic carbocycles. The fourth-order valence-corrected chi connectivity index (χ4v) is 1.67. The molecule has 0 spiro atoms. The van der Waals surface area contributed by atoms with Crippen molar-refractivity contribution in [2.45, 2.75) is 19.5 Å². The molecule has 1 unspecified atom stereocenters. The molecule has 0 heterocycles. The summed E-state index contributed by atoms with van der Waals surface area (Å²) in [6.45, 7) is 3.47. The first-order valence-corrected chi connectivity index (χ1v) is 5.60. The third kappa shape index (κ3) is 4.00. The quantitative estimate of drug-likeness (QED) is 0.833. The summed E-state index contributed by atoms with van der Waals surface area (Å²) in [5, 5.41) is 4.06. The summed E-state index contributed by atoms with van der Waals surface area (Å²) in [5.41, 5.74) is 1.05. The fraction of sp³-hybridized carbons (Fsp3) is 0.500. The van der Waals surface area contributed by atoms with Crippen LogP contribution in [0.2, 0.25) is 5.02 Å². The molecule has 0 saturated carbocycles. The van der Waals surface area contributed by atoms with Gasteiger partial charge in [-0.15, -0.1) is 0 Å². The molecule has 0 saturated heterocycles. The molecule has 1 aromatic rings. The van der Waals surface area contributed by atoms with E-state index in [1.54, 1.807) is 14.2 Å². The first kappa shape index (κ1) is 13.3. The van der Waals surface area contributed by atoms with Crippen LogP contribution in [0.15, 0.2) is 18.2 Å². The molecular weight excluding hydrogens is 226 g/mol. The lowest BCUT2D eigenvalue weighted by molar-refractivity contribution is 0.171. The number of rotatable bonds is 6. The number of nitrogens with one attached hydrogen (secondary N) is 1. The molecule has 0 aliphatic carbocycles. The van der Waals surface area contributed by atoms with Crippen molar-refractivity contribution in [3.8, 4) is 5.75 Å². The van der Waals surface area contributed by atoms with E-state index in [1.807, 2.05) is 18.2 Å². The predicted molar refractivity (Wildman–Crippen MR) is 66.2 cm³/mol. The maximum Gasteiger partial charge on any atom is 0.123 e. The van der Waals surface area contributed by atoms with Gasteiger partial charge < -0.3 is 14.8 Å². The van der Waals surface area contributed by atoms with Gasteiger partial charge in [-0.05, 0) is 25.1 Å². The van der Waals surface area contributed by atoms with E-state index >= 15 is 0 Å². The van der Waals surface area contributed by atoms with Crippen LogP contribution >= 0.6 is 11.6 Å². The maximum atomic E-state index is 5.94. The van der Waals surface area contributed by atoms with Gasteiger partial charge in [-0.25, -0.2) is 0 Å². The molecule has 0 fully saturated rings. The van der Waals surface area contributed by atoms with Crippen molar-refractivity contribution in [1.29, 1.82) is 0 Å². The summed E-state index contributed by atoms with van der Waals surface area (Å²) in [6.07, 6.45) is 0. The van der Waals surface area contributed by atoms with E-state index in [2.05, 4.69) is 12.2 Å². The molecular formula is C12H18ClNO2. The average Bonchev–Trinajstić information content (AvgIpc) is 2.27. The van der Waals surface area contributed by atoms with Gasteiger partial charge in [0.25, 0.3) is 0 Å². The zero-order chi connectivity index (χ0) is 12.0. The normalized spacial score (nSPS) is 12.5. The molecule has 4 heteroatoms. The van der Waals surface area contributed by atoms with E-state index in [9.17, 15) is 0 Å². The van der Waals surface area contributed by atoms with Gasteiger partial charge >= 0.3 is 0 Å². The molecule has 1 rings (SSSR count). The zero-order valence-corrected chi connectivity index (χ0v) is 10.7. The van der Waals surface area contributed by atoms with Crippen LogP contribution in [0.4, 0.5) is 0 Å². The molecule has 0 bridgehead atoms. The van der Waals surface area contributed by atoms with Crippen molar-refractivity contribution in [2.75, 3.05) is 20.8 Å². The van der Waals surface area contributed by atoms with Crippen molar-refractivity contribution in [1.82, 2.24) is 5.32 Å². The van der Waals surface area contributed by atoms with Crippen LogP contribution < -0.4 is 10.1 Å². The zero-order valence-electron chi connectivity index (χ0n) is 9.92. The van der Waals surface area contributed by atoms with E-state index in [-0.39, 0.29) is 0 Å². The second-order valence-electron chi connectivity index (χ2n) is 3.69. The molecule has 90 valence electrons. The van der Waals surface area contributed by atoms with Crippen molar-refractivity contribution in [3.63, 3.8) is 0 Å². The molecule has 0 aliphatic heterocycles. The Hall–Kier alpha value is -0.770. The Morgan fingerprint density at radius 2 is 2.12 bits per heavy atom. The summed E-state index contributed by atoms with van der Waals surface area (Å²) in [5.74, 6) is 0.849. The SMILES string of the molecule is COCC(C)NCc1cc(Cl)ccc1OC. The van der Waals surface area contributed by atoms with Gasteiger partial charge in [-0.3, -0.25) is 0 Å². The summed E-state index contributed by atoms with van der Waals surface area (Å²) in [6, 6.07) is 5.91. The molecule has 16 heavy (non-hydrogen) atoms. The van der Waals surface area contributed by atoms with Crippen molar-refractivity contribution in [3.05, 3.63) is 28.8 Å². The summed E-state index contributed by atoms with van der Waals surface area (Å²) < 4.78 is 10.3. The topological polar surface area (TPSA) is 30.5 Å². The van der Waals surface area contributed by atoms with Gasteiger partial charge in [0, 0.05) is 30.3 Å². The van der Waals surface area contributed by atoms with E-state index in [0.29, 0.717) is 19.2 Å². The Labute approximate surface area is 102 Å². The Morgan fingerprint density at radius 3 is 2.75 bits per heavy atom. The fourth-order valence-electron chi connectivity index (χ4n) is 1.48. The summed E-state index contributed by atoms with van der Waals surface area (Å²) in [7, 11) is 3.35. The van der Waals surface area contributed by atoms with E-state index in [0.717, 1.165) is 16.3 Å². The first-order chi connectivity index (χ1) is 7.67. The van der Waals surface area contributed by atoms with Gasteiger partial charge in [0.15, 0.2) is 0 Å². The van der Waals surface area contributed by atoms with E-state index in [4.69, 9.17) is 21.1 Å².